The SMILES string of the molecule is O=P(Oc1ccc(C2CCCC2)cc1)(Oc1ccc(C2CCCC2)cc1)Oc1ccc(C2CCCC2)cc1. The third-order valence-electron chi connectivity index (χ3n) is 8.77. The Bertz CT molecular complexity index is 1060. The van der Waals surface area contributed by atoms with Gasteiger partial charge in [0.15, 0.2) is 0 Å². The molecule has 3 aliphatic carbocycles. The van der Waals surface area contributed by atoms with E-state index in [1.807, 2.05) is 36.4 Å². The molecule has 200 valence electrons. The van der Waals surface area contributed by atoms with Crippen LogP contribution < -0.4 is 13.6 Å². The van der Waals surface area contributed by atoms with Crippen LogP contribution in [0, 0.1) is 0 Å². The van der Waals surface area contributed by atoms with Crippen molar-refractivity contribution in [3.05, 3.63) is 89.5 Å². The first-order chi connectivity index (χ1) is 18.6. The highest BCUT2D eigenvalue weighted by atomic mass is 31.2. The van der Waals surface area contributed by atoms with Crippen molar-refractivity contribution in [2.24, 2.45) is 0 Å². The zero-order chi connectivity index (χ0) is 25.8. The van der Waals surface area contributed by atoms with Crippen LogP contribution in [0.2, 0.25) is 0 Å². The van der Waals surface area contributed by atoms with Gasteiger partial charge < -0.3 is 13.6 Å². The van der Waals surface area contributed by atoms with E-state index in [0.29, 0.717) is 35.0 Å². The molecule has 38 heavy (non-hydrogen) atoms. The van der Waals surface area contributed by atoms with Crippen molar-refractivity contribution in [2.75, 3.05) is 0 Å². The summed E-state index contributed by atoms with van der Waals surface area (Å²) < 4.78 is 32.1. The lowest BCUT2D eigenvalue weighted by Gasteiger charge is -2.21. The molecule has 0 bridgehead atoms. The molecule has 3 aliphatic rings. The van der Waals surface area contributed by atoms with E-state index in [9.17, 15) is 4.57 Å². The molecule has 0 unspecified atom stereocenters. The molecule has 6 rings (SSSR count). The summed E-state index contributed by atoms with van der Waals surface area (Å²) in [6, 6.07) is 23.8. The number of hydrogen-bond donors (Lipinski definition) is 0. The molecule has 0 atom stereocenters. The van der Waals surface area contributed by atoms with Crippen molar-refractivity contribution < 1.29 is 18.1 Å². The van der Waals surface area contributed by atoms with E-state index in [4.69, 9.17) is 13.6 Å². The van der Waals surface area contributed by atoms with Crippen LogP contribution in [0.3, 0.4) is 0 Å². The highest BCUT2D eigenvalue weighted by Gasteiger charge is 2.34. The van der Waals surface area contributed by atoms with E-state index in [1.54, 1.807) is 0 Å². The third-order valence-corrected chi connectivity index (χ3v) is 10.1. The van der Waals surface area contributed by atoms with Crippen LogP contribution in [0.25, 0.3) is 0 Å². The molecule has 0 radical (unpaired) electrons. The molecule has 0 spiro atoms. The molecule has 0 saturated heterocycles. The molecule has 0 aliphatic heterocycles. The topological polar surface area (TPSA) is 44.8 Å². The van der Waals surface area contributed by atoms with E-state index in [-0.39, 0.29) is 0 Å². The average Bonchev–Trinajstić information content (AvgIpc) is 3.74. The van der Waals surface area contributed by atoms with Crippen molar-refractivity contribution in [1.29, 1.82) is 0 Å². The second kappa shape index (κ2) is 11.6. The first kappa shape index (κ1) is 25.6. The third kappa shape index (κ3) is 6.12. The largest absolute Gasteiger partial charge is 0.647 e. The lowest BCUT2D eigenvalue weighted by Crippen LogP contribution is -2.08. The van der Waals surface area contributed by atoms with Gasteiger partial charge in [-0.1, -0.05) is 74.9 Å². The quantitative estimate of drug-likeness (QED) is 0.258. The molecule has 0 heterocycles. The predicted molar refractivity (Wildman–Crippen MR) is 152 cm³/mol. The summed E-state index contributed by atoms with van der Waals surface area (Å²) in [6.07, 6.45) is 15.2. The summed E-state index contributed by atoms with van der Waals surface area (Å²) in [5, 5.41) is 0. The number of hydrogen-bond acceptors (Lipinski definition) is 4. The minimum absolute atomic E-state index is 0.486. The summed E-state index contributed by atoms with van der Waals surface area (Å²) in [6.45, 7) is 0. The summed E-state index contributed by atoms with van der Waals surface area (Å²) >= 11 is 0. The Morgan fingerprint density at radius 2 is 0.658 bits per heavy atom. The molecule has 3 fully saturated rings. The maximum atomic E-state index is 14.1. The van der Waals surface area contributed by atoms with E-state index in [0.717, 1.165) is 0 Å². The molecule has 0 aromatic heterocycles. The van der Waals surface area contributed by atoms with E-state index in [1.165, 1.54) is 93.7 Å². The molecule has 4 nitrogen and oxygen atoms in total. The Morgan fingerprint density at radius 1 is 0.421 bits per heavy atom. The predicted octanol–water partition coefficient (Wildman–Crippen LogP) is 10.3. The molecular weight excluding hydrogens is 491 g/mol. The normalized spacial score (nSPS) is 19.2. The van der Waals surface area contributed by atoms with Crippen molar-refractivity contribution in [3.8, 4) is 17.2 Å². The van der Waals surface area contributed by atoms with Crippen LogP contribution in [0.5, 0.6) is 17.2 Å². The van der Waals surface area contributed by atoms with Crippen LogP contribution in [0.4, 0.5) is 0 Å². The van der Waals surface area contributed by atoms with Gasteiger partial charge in [0.2, 0.25) is 0 Å². The summed E-state index contributed by atoms with van der Waals surface area (Å²) in [4.78, 5) is 0. The van der Waals surface area contributed by atoms with Crippen LogP contribution >= 0.6 is 7.82 Å². The van der Waals surface area contributed by atoms with E-state index in [2.05, 4.69) is 36.4 Å². The molecular formula is C33H39O4P. The molecule has 5 heteroatoms. The maximum absolute atomic E-state index is 14.1. The van der Waals surface area contributed by atoms with Gasteiger partial charge in [0, 0.05) is 0 Å². The lowest BCUT2D eigenvalue weighted by molar-refractivity contribution is 0.298. The Hall–Kier alpha value is -2.71. The van der Waals surface area contributed by atoms with Gasteiger partial charge in [-0.2, -0.15) is 4.57 Å². The van der Waals surface area contributed by atoms with Gasteiger partial charge in [0.25, 0.3) is 0 Å². The highest BCUT2D eigenvalue weighted by molar-refractivity contribution is 7.49. The van der Waals surface area contributed by atoms with Crippen molar-refractivity contribution in [3.63, 3.8) is 0 Å². The first-order valence-electron chi connectivity index (χ1n) is 14.6. The number of phosphoric acid groups is 1. The minimum Gasteiger partial charge on any atom is -0.386 e. The monoisotopic (exact) mass is 530 g/mol. The Morgan fingerprint density at radius 3 is 0.895 bits per heavy atom. The molecule has 3 aromatic rings. The Balaban J connectivity index is 1.21. The van der Waals surface area contributed by atoms with Crippen LogP contribution in [-0.2, 0) is 4.57 Å². The maximum Gasteiger partial charge on any atom is 0.647 e. The van der Waals surface area contributed by atoms with Gasteiger partial charge in [0.1, 0.15) is 17.2 Å². The van der Waals surface area contributed by atoms with E-state index < -0.39 is 7.82 Å². The van der Waals surface area contributed by atoms with Gasteiger partial charge in [-0.25, -0.2) is 0 Å². The highest BCUT2D eigenvalue weighted by Crippen LogP contribution is 2.50. The van der Waals surface area contributed by atoms with Gasteiger partial charge in [-0.05, 0) is 109 Å². The summed E-state index contributed by atoms with van der Waals surface area (Å²) in [7, 11) is -4.01. The van der Waals surface area contributed by atoms with E-state index >= 15 is 0 Å². The zero-order valence-corrected chi connectivity index (χ0v) is 23.1. The second-order valence-corrected chi connectivity index (χ2v) is 12.8. The fourth-order valence-electron chi connectivity index (χ4n) is 6.62. The fraction of sp³-hybridized carbons (Fsp3) is 0.455. The lowest BCUT2D eigenvalue weighted by atomic mass is 9.98. The number of phosphoric ester groups is 1. The molecule has 3 aromatic carbocycles. The van der Waals surface area contributed by atoms with Crippen molar-refractivity contribution in [1.82, 2.24) is 0 Å². The van der Waals surface area contributed by atoms with Gasteiger partial charge in [-0.15, -0.1) is 0 Å². The summed E-state index contributed by atoms with van der Waals surface area (Å²) in [5.74, 6) is 3.29. The van der Waals surface area contributed by atoms with Crippen LogP contribution in [0.15, 0.2) is 72.8 Å². The zero-order valence-electron chi connectivity index (χ0n) is 22.2. The molecule has 3 saturated carbocycles. The number of rotatable bonds is 9. The Labute approximate surface area is 227 Å². The first-order valence-corrected chi connectivity index (χ1v) is 16.1. The van der Waals surface area contributed by atoms with Crippen LogP contribution in [-0.4, -0.2) is 0 Å². The second-order valence-electron chi connectivity index (χ2n) is 11.4. The fourth-order valence-corrected chi connectivity index (χ4v) is 7.87. The van der Waals surface area contributed by atoms with Crippen molar-refractivity contribution >= 4 is 7.82 Å². The molecule has 0 N–H and O–H groups in total. The minimum atomic E-state index is -4.01. The number of benzene rings is 3. The van der Waals surface area contributed by atoms with Crippen molar-refractivity contribution in [2.45, 2.75) is 94.8 Å². The van der Waals surface area contributed by atoms with Gasteiger partial charge in [0.05, 0.1) is 0 Å². The average molecular weight is 531 g/mol. The van der Waals surface area contributed by atoms with Gasteiger partial charge in [-0.3, -0.25) is 0 Å². The van der Waals surface area contributed by atoms with Crippen LogP contribution in [0.1, 0.15) is 111 Å². The smallest absolute Gasteiger partial charge is 0.386 e. The molecule has 0 amide bonds. The Kier molecular flexibility index (Phi) is 7.79. The van der Waals surface area contributed by atoms with Gasteiger partial charge >= 0.3 is 7.82 Å². The standard InChI is InChI=1S/C33H39O4P/c34-38(35-31-19-13-28(14-20-31)25-7-1-2-8-25,36-32-21-15-29(16-22-32)26-9-3-4-10-26)37-33-23-17-30(18-24-33)27-11-5-6-12-27/h13-27H,1-12H2. The summed E-state index contributed by atoms with van der Waals surface area (Å²) in [5.41, 5.74) is 3.95.